The van der Waals surface area contributed by atoms with Crippen LogP contribution in [0.3, 0.4) is 0 Å². The van der Waals surface area contributed by atoms with E-state index in [4.69, 9.17) is 18.9 Å². The molecule has 1 aromatic heterocycles. The van der Waals surface area contributed by atoms with E-state index in [9.17, 15) is 24.6 Å². The molecule has 11 nitrogen and oxygen atoms in total. The third-order valence-electron chi connectivity index (χ3n) is 12.4. The first-order valence-electron chi connectivity index (χ1n) is 19.7. The minimum atomic E-state index is -1.20. The van der Waals surface area contributed by atoms with Gasteiger partial charge in [-0.3, -0.25) is 9.59 Å². The summed E-state index contributed by atoms with van der Waals surface area (Å²) in [5.74, 6) is -0.447. The Morgan fingerprint density at radius 1 is 1.06 bits per heavy atom. The first-order chi connectivity index (χ1) is 26.2. The summed E-state index contributed by atoms with van der Waals surface area (Å²) in [7, 11) is 0. The van der Waals surface area contributed by atoms with Crippen LogP contribution < -0.4 is 19.5 Å². The Bertz CT molecular complexity index is 2030. The fourth-order valence-corrected chi connectivity index (χ4v) is 9.41. The van der Waals surface area contributed by atoms with Crippen molar-refractivity contribution in [3.8, 4) is 17.2 Å². The number of nitrogens with one attached hydrogen (secondary N) is 2. The van der Waals surface area contributed by atoms with E-state index in [-0.39, 0.29) is 47.9 Å². The second-order valence-electron chi connectivity index (χ2n) is 15.6. The molecule has 2 saturated carbocycles. The Labute approximate surface area is 315 Å². The highest BCUT2D eigenvalue weighted by atomic mass is 16.6. The van der Waals surface area contributed by atoms with Gasteiger partial charge >= 0.3 is 5.97 Å². The average molecular weight is 739 g/mol. The number of H-pyrrole nitrogens is 1. The zero-order valence-electron chi connectivity index (χ0n) is 31.1. The number of Topliss-reactive ketones (excluding diaryl/α,β-unsaturated/α-hetero) is 1. The lowest BCUT2D eigenvalue weighted by atomic mass is 9.75. The number of aliphatic hydroxyl groups is 2. The number of aldehydes is 1. The second-order valence-corrected chi connectivity index (χ2v) is 15.6. The number of aliphatic hydroxyl groups excluding tert-OH is 1. The quantitative estimate of drug-likeness (QED) is 0.149. The molecule has 8 rings (SSSR count). The molecule has 54 heavy (non-hydrogen) atoms. The van der Waals surface area contributed by atoms with Crippen molar-refractivity contribution in [2.75, 3.05) is 19.7 Å². The topological polar surface area (TPSA) is 156 Å². The molecule has 2 aromatic carbocycles. The Balaban J connectivity index is 1.33. The number of piperidine rings is 1. The van der Waals surface area contributed by atoms with E-state index in [1.54, 1.807) is 6.92 Å². The summed E-state index contributed by atoms with van der Waals surface area (Å²) in [6.45, 7) is 4.67. The Morgan fingerprint density at radius 3 is 2.59 bits per heavy atom. The highest BCUT2D eigenvalue weighted by Crippen LogP contribution is 2.57. The molecule has 3 atom stereocenters. The third kappa shape index (κ3) is 6.43. The number of fused-ring (bicyclic) bond motifs is 3. The summed E-state index contributed by atoms with van der Waals surface area (Å²) in [5.41, 5.74) is 3.47. The fraction of sp³-hybridized carbons (Fsp3) is 0.512. The average Bonchev–Trinajstić information content (AvgIpc) is 3.86. The fourth-order valence-electron chi connectivity index (χ4n) is 9.41. The van der Waals surface area contributed by atoms with Crippen LogP contribution >= 0.6 is 0 Å². The lowest BCUT2D eigenvalue weighted by Gasteiger charge is -2.39. The summed E-state index contributed by atoms with van der Waals surface area (Å²) < 4.78 is 25.6. The molecule has 5 aliphatic rings. The van der Waals surface area contributed by atoms with Crippen LogP contribution in [0.1, 0.15) is 106 Å². The number of ether oxygens (including phenoxy) is 4. The van der Waals surface area contributed by atoms with Crippen LogP contribution in [0.4, 0.5) is 0 Å². The SMILES string of the molecule is CCOC(=O)C1=C(C=O)C(=C2CCC(=O)C(c3ccc4[nH]ccc4c3)C2)c2c(c(CO)c3c(c2OC2CCCCC2)CC(C(C)(O)C2CCNCC2)O3)O1. The van der Waals surface area contributed by atoms with Crippen molar-refractivity contribution in [1.82, 2.24) is 10.3 Å². The minimum Gasteiger partial charge on any atom is -0.489 e. The van der Waals surface area contributed by atoms with Crippen LogP contribution in [0.15, 0.2) is 47.4 Å². The number of ketones is 1. The van der Waals surface area contributed by atoms with E-state index >= 15 is 0 Å². The molecular formula is C43H50N2O9. The maximum absolute atomic E-state index is 13.7. The van der Waals surface area contributed by atoms with Gasteiger partial charge in [-0.2, -0.15) is 0 Å². The van der Waals surface area contributed by atoms with Crippen molar-refractivity contribution in [2.24, 2.45) is 5.92 Å². The Hall–Kier alpha value is -4.45. The van der Waals surface area contributed by atoms with Gasteiger partial charge in [0.1, 0.15) is 34.7 Å². The van der Waals surface area contributed by atoms with Crippen LogP contribution in [-0.4, -0.2) is 70.7 Å². The van der Waals surface area contributed by atoms with Crippen LogP contribution in [0.2, 0.25) is 0 Å². The summed E-state index contributed by atoms with van der Waals surface area (Å²) >= 11 is 0. The van der Waals surface area contributed by atoms with Gasteiger partial charge in [-0.15, -0.1) is 0 Å². The van der Waals surface area contributed by atoms with Crippen LogP contribution in [0.5, 0.6) is 17.2 Å². The number of allylic oxidation sites excluding steroid dienone is 3. The van der Waals surface area contributed by atoms with E-state index in [0.717, 1.165) is 80.1 Å². The molecule has 0 amide bonds. The van der Waals surface area contributed by atoms with Crippen LogP contribution in [0.25, 0.3) is 16.5 Å². The van der Waals surface area contributed by atoms with Crippen LogP contribution in [0, 0.1) is 5.92 Å². The monoisotopic (exact) mass is 738 g/mol. The molecule has 11 heteroatoms. The summed E-state index contributed by atoms with van der Waals surface area (Å²) in [4.78, 5) is 43.8. The molecule has 0 bridgehead atoms. The molecule has 4 N–H and O–H groups in total. The predicted octanol–water partition coefficient (Wildman–Crippen LogP) is 6.12. The molecule has 3 unspecified atom stereocenters. The van der Waals surface area contributed by atoms with E-state index in [1.807, 2.05) is 37.4 Å². The largest absolute Gasteiger partial charge is 0.489 e. The van der Waals surface area contributed by atoms with Gasteiger partial charge in [0.15, 0.2) is 6.29 Å². The summed E-state index contributed by atoms with van der Waals surface area (Å²) in [6, 6.07) is 7.94. The molecule has 1 saturated heterocycles. The normalized spacial score (nSPS) is 24.7. The lowest BCUT2D eigenvalue weighted by Crippen LogP contribution is -2.51. The highest BCUT2D eigenvalue weighted by Gasteiger charge is 2.49. The van der Waals surface area contributed by atoms with Gasteiger partial charge in [0, 0.05) is 41.6 Å². The number of carbonyl (C=O) groups excluding carboxylic acids is 3. The molecule has 3 fully saturated rings. The van der Waals surface area contributed by atoms with Gasteiger partial charge in [0.05, 0.1) is 36.0 Å². The number of hydrogen-bond donors (Lipinski definition) is 4. The van der Waals surface area contributed by atoms with E-state index in [2.05, 4.69) is 10.3 Å². The first kappa shape index (κ1) is 36.5. The molecule has 3 aliphatic heterocycles. The molecule has 286 valence electrons. The smallest absolute Gasteiger partial charge is 0.375 e. The number of benzene rings is 2. The van der Waals surface area contributed by atoms with Crippen molar-refractivity contribution in [3.05, 3.63) is 69.6 Å². The lowest BCUT2D eigenvalue weighted by molar-refractivity contribution is -0.141. The van der Waals surface area contributed by atoms with Crippen molar-refractivity contribution in [3.63, 3.8) is 0 Å². The molecular weight excluding hydrogens is 688 g/mol. The standard InChI is InChI=1S/C43H50N2O9/c1-3-51-42(49)41-31(22-46)36(26-10-12-34(48)29(20-26)24-9-11-33-25(19-24)13-18-45-33)37-39(52-28-7-5-4-6-8-28)30-21-35(43(2,50)27-14-16-44-17-15-27)53-38(30)32(23-47)40(37)54-41/h9,11,13,18-19,22,27-29,35,44-45,47,50H,3-8,10,12,14-17,20-21,23H2,1-2H3. The summed E-state index contributed by atoms with van der Waals surface area (Å²) in [5, 5.41) is 27.6. The molecule has 0 radical (unpaired) electrons. The predicted molar refractivity (Wildman–Crippen MR) is 201 cm³/mol. The van der Waals surface area contributed by atoms with Gasteiger partial charge in [-0.05, 0) is 113 Å². The highest BCUT2D eigenvalue weighted by molar-refractivity contribution is 6.11. The van der Waals surface area contributed by atoms with Gasteiger partial charge in [-0.1, -0.05) is 18.1 Å². The number of aromatic amines is 1. The molecule has 2 aliphatic carbocycles. The van der Waals surface area contributed by atoms with E-state index in [0.29, 0.717) is 59.3 Å². The van der Waals surface area contributed by atoms with Gasteiger partial charge in [0.2, 0.25) is 5.76 Å². The maximum Gasteiger partial charge on any atom is 0.375 e. The van der Waals surface area contributed by atoms with Crippen molar-refractivity contribution in [2.45, 2.75) is 115 Å². The van der Waals surface area contributed by atoms with Gasteiger partial charge in [0.25, 0.3) is 0 Å². The summed E-state index contributed by atoms with van der Waals surface area (Å²) in [6.07, 6.45) is 9.40. The second kappa shape index (κ2) is 15.0. The van der Waals surface area contributed by atoms with E-state index < -0.39 is 30.2 Å². The Morgan fingerprint density at radius 2 is 1.85 bits per heavy atom. The first-order valence-corrected chi connectivity index (χ1v) is 19.7. The van der Waals surface area contributed by atoms with Gasteiger partial charge in [-0.25, -0.2) is 4.79 Å². The Kier molecular flexibility index (Phi) is 10.1. The number of esters is 1. The molecule has 4 heterocycles. The minimum absolute atomic E-state index is 0.0112. The van der Waals surface area contributed by atoms with Crippen molar-refractivity contribution >= 4 is 34.5 Å². The number of carbonyl (C=O) groups is 3. The zero-order valence-corrected chi connectivity index (χ0v) is 31.1. The third-order valence-corrected chi connectivity index (χ3v) is 12.4. The molecule has 0 spiro atoms. The number of aromatic nitrogens is 1. The molecule has 3 aromatic rings. The number of rotatable bonds is 9. The maximum atomic E-state index is 13.7. The van der Waals surface area contributed by atoms with E-state index in [1.165, 1.54) is 0 Å². The van der Waals surface area contributed by atoms with Crippen molar-refractivity contribution < 1.29 is 43.5 Å². The van der Waals surface area contributed by atoms with Crippen LogP contribution in [-0.2, 0) is 32.1 Å². The van der Waals surface area contributed by atoms with Crippen molar-refractivity contribution in [1.29, 1.82) is 0 Å². The van der Waals surface area contributed by atoms with Gasteiger partial charge < -0.3 is 39.5 Å². The zero-order chi connectivity index (χ0) is 37.6. The number of hydrogen-bond acceptors (Lipinski definition) is 10.